The number of amides is 2. The molecule has 0 saturated heterocycles. The molecule has 0 saturated carbocycles. The minimum Gasteiger partial charge on any atom is -0.497 e. The number of imide groups is 1. The fraction of sp³-hybridized carbons (Fsp3) is 0.125. The molecule has 6 heteroatoms. The Hall–Kier alpha value is -2.53. The summed E-state index contributed by atoms with van der Waals surface area (Å²) in [6.45, 7) is 0.0561. The highest BCUT2D eigenvalue weighted by atomic mass is 35.5. The molecule has 0 spiro atoms. The SMILES string of the molecule is COc1ccc(C2=C(Cl)C(=O)N(Cc3ccco3)C2=O)cc1. The van der Waals surface area contributed by atoms with E-state index < -0.39 is 11.8 Å². The van der Waals surface area contributed by atoms with Gasteiger partial charge in [0.2, 0.25) is 0 Å². The molecule has 2 heterocycles. The molecule has 1 aromatic heterocycles. The lowest BCUT2D eigenvalue weighted by Crippen LogP contribution is -2.30. The van der Waals surface area contributed by atoms with Crippen molar-refractivity contribution >= 4 is 29.0 Å². The second kappa shape index (κ2) is 5.69. The lowest BCUT2D eigenvalue weighted by Gasteiger charge is -2.13. The third-order valence-corrected chi connectivity index (χ3v) is 3.73. The molecule has 1 aliphatic heterocycles. The van der Waals surface area contributed by atoms with E-state index >= 15 is 0 Å². The highest BCUT2D eigenvalue weighted by molar-refractivity contribution is 6.55. The molecule has 3 rings (SSSR count). The van der Waals surface area contributed by atoms with Crippen LogP contribution in [0.2, 0.25) is 0 Å². The van der Waals surface area contributed by atoms with Gasteiger partial charge in [-0.25, -0.2) is 0 Å². The van der Waals surface area contributed by atoms with E-state index in [-0.39, 0.29) is 17.2 Å². The van der Waals surface area contributed by atoms with E-state index in [1.165, 1.54) is 6.26 Å². The number of furan rings is 1. The first-order valence-electron chi connectivity index (χ1n) is 6.54. The molecule has 0 atom stereocenters. The maximum absolute atomic E-state index is 12.5. The van der Waals surface area contributed by atoms with Crippen LogP contribution in [0.5, 0.6) is 5.75 Å². The van der Waals surface area contributed by atoms with Crippen molar-refractivity contribution in [1.29, 1.82) is 0 Å². The number of carbonyl (C=O) groups is 2. The van der Waals surface area contributed by atoms with Gasteiger partial charge >= 0.3 is 0 Å². The van der Waals surface area contributed by atoms with Gasteiger partial charge in [0.15, 0.2) is 0 Å². The maximum atomic E-state index is 12.5. The zero-order valence-corrected chi connectivity index (χ0v) is 12.5. The average molecular weight is 318 g/mol. The van der Waals surface area contributed by atoms with Crippen LogP contribution in [0.25, 0.3) is 5.57 Å². The minimum absolute atomic E-state index is 0.0561. The van der Waals surface area contributed by atoms with Gasteiger partial charge in [0.25, 0.3) is 11.8 Å². The van der Waals surface area contributed by atoms with E-state index in [9.17, 15) is 9.59 Å². The van der Waals surface area contributed by atoms with E-state index in [0.29, 0.717) is 17.1 Å². The summed E-state index contributed by atoms with van der Waals surface area (Å²) in [6.07, 6.45) is 1.49. The number of hydrogen-bond acceptors (Lipinski definition) is 4. The molecule has 2 amide bonds. The summed E-state index contributed by atoms with van der Waals surface area (Å²) in [5.41, 5.74) is 0.770. The molecule has 0 aliphatic carbocycles. The van der Waals surface area contributed by atoms with Crippen molar-refractivity contribution in [2.24, 2.45) is 0 Å². The van der Waals surface area contributed by atoms with Crippen molar-refractivity contribution in [2.45, 2.75) is 6.54 Å². The fourth-order valence-corrected chi connectivity index (χ4v) is 2.55. The van der Waals surface area contributed by atoms with E-state index in [4.69, 9.17) is 20.8 Å². The van der Waals surface area contributed by atoms with Gasteiger partial charge in [0.05, 0.1) is 25.5 Å². The Morgan fingerprint density at radius 1 is 1.14 bits per heavy atom. The highest BCUT2D eigenvalue weighted by Gasteiger charge is 2.38. The normalized spacial score (nSPS) is 14.9. The van der Waals surface area contributed by atoms with E-state index in [1.807, 2.05) is 0 Å². The fourth-order valence-electron chi connectivity index (χ4n) is 2.26. The summed E-state index contributed by atoms with van der Waals surface area (Å²) in [6, 6.07) is 10.2. The molecule has 1 aromatic carbocycles. The molecule has 2 aromatic rings. The van der Waals surface area contributed by atoms with Crippen LogP contribution >= 0.6 is 11.6 Å². The van der Waals surface area contributed by atoms with Crippen LogP contribution in [-0.4, -0.2) is 23.8 Å². The van der Waals surface area contributed by atoms with Crippen LogP contribution in [0.3, 0.4) is 0 Å². The van der Waals surface area contributed by atoms with Crippen molar-refractivity contribution in [2.75, 3.05) is 7.11 Å². The molecule has 0 unspecified atom stereocenters. The summed E-state index contributed by atoms with van der Waals surface area (Å²) in [7, 11) is 1.55. The van der Waals surface area contributed by atoms with Crippen molar-refractivity contribution in [3.8, 4) is 5.75 Å². The van der Waals surface area contributed by atoms with Crippen molar-refractivity contribution in [3.05, 3.63) is 59.0 Å². The second-order valence-electron chi connectivity index (χ2n) is 4.69. The summed E-state index contributed by atoms with van der Waals surface area (Å²) in [5, 5.41) is -0.0817. The average Bonchev–Trinajstić information content (AvgIpc) is 3.11. The van der Waals surface area contributed by atoms with Crippen LogP contribution in [0.1, 0.15) is 11.3 Å². The molecular formula is C16H12ClNO4. The Labute approximate surface area is 131 Å². The van der Waals surface area contributed by atoms with Crippen molar-refractivity contribution in [3.63, 3.8) is 0 Å². The summed E-state index contributed by atoms with van der Waals surface area (Å²) >= 11 is 6.07. The van der Waals surface area contributed by atoms with Crippen molar-refractivity contribution in [1.82, 2.24) is 4.90 Å². The van der Waals surface area contributed by atoms with Gasteiger partial charge in [-0.05, 0) is 29.8 Å². The Kier molecular flexibility index (Phi) is 3.73. The lowest BCUT2D eigenvalue weighted by molar-refractivity contribution is -0.137. The molecule has 0 radical (unpaired) electrons. The van der Waals surface area contributed by atoms with Gasteiger partial charge in [0, 0.05) is 0 Å². The number of nitrogens with zero attached hydrogens (tertiary/aromatic N) is 1. The number of ether oxygens (including phenoxy) is 1. The molecule has 112 valence electrons. The summed E-state index contributed by atoms with van der Waals surface area (Å²) in [4.78, 5) is 25.8. The highest BCUT2D eigenvalue weighted by Crippen LogP contribution is 2.33. The Balaban J connectivity index is 1.90. The largest absolute Gasteiger partial charge is 0.497 e. The van der Waals surface area contributed by atoms with Gasteiger partial charge in [-0.2, -0.15) is 0 Å². The van der Waals surface area contributed by atoms with Crippen LogP contribution in [-0.2, 0) is 16.1 Å². The summed E-state index contributed by atoms with van der Waals surface area (Å²) < 4.78 is 10.2. The Morgan fingerprint density at radius 3 is 2.45 bits per heavy atom. The second-order valence-corrected chi connectivity index (χ2v) is 5.07. The number of benzene rings is 1. The Morgan fingerprint density at radius 2 is 1.86 bits per heavy atom. The number of hydrogen-bond donors (Lipinski definition) is 0. The van der Waals surface area contributed by atoms with E-state index in [1.54, 1.807) is 43.5 Å². The predicted molar refractivity (Wildman–Crippen MR) is 80.0 cm³/mol. The molecule has 22 heavy (non-hydrogen) atoms. The third kappa shape index (κ3) is 2.40. The number of methoxy groups -OCH3 is 1. The molecule has 0 fully saturated rings. The van der Waals surface area contributed by atoms with Crippen molar-refractivity contribution < 1.29 is 18.7 Å². The Bertz CT molecular complexity index is 747. The van der Waals surface area contributed by atoms with Crippen LogP contribution in [0.15, 0.2) is 52.1 Å². The van der Waals surface area contributed by atoms with E-state index in [0.717, 1.165) is 4.90 Å². The molecule has 1 aliphatic rings. The first-order chi connectivity index (χ1) is 10.6. The lowest BCUT2D eigenvalue weighted by atomic mass is 10.1. The monoisotopic (exact) mass is 317 g/mol. The van der Waals surface area contributed by atoms with Crippen LogP contribution in [0.4, 0.5) is 0 Å². The zero-order valence-electron chi connectivity index (χ0n) is 11.7. The third-order valence-electron chi connectivity index (χ3n) is 3.38. The molecule has 0 N–H and O–H groups in total. The number of halogens is 1. The van der Waals surface area contributed by atoms with Gasteiger partial charge in [-0.3, -0.25) is 14.5 Å². The molecular weight excluding hydrogens is 306 g/mol. The van der Waals surface area contributed by atoms with Gasteiger partial charge in [-0.15, -0.1) is 0 Å². The minimum atomic E-state index is -0.520. The smallest absolute Gasteiger partial charge is 0.273 e. The van der Waals surface area contributed by atoms with Gasteiger partial charge in [0.1, 0.15) is 16.5 Å². The van der Waals surface area contributed by atoms with Crippen LogP contribution < -0.4 is 4.74 Å². The topological polar surface area (TPSA) is 59.8 Å². The van der Waals surface area contributed by atoms with Crippen LogP contribution in [0, 0.1) is 0 Å². The van der Waals surface area contributed by atoms with Gasteiger partial charge in [-0.1, -0.05) is 23.7 Å². The summed E-state index contributed by atoms with van der Waals surface area (Å²) in [5.74, 6) is 0.220. The predicted octanol–water partition coefficient (Wildman–Crippen LogP) is 2.81. The first-order valence-corrected chi connectivity index (χ1v) is 6.92. The first kappa shape index (κ1) is 14.4. The van der Waals surface area contributed by atoms with E-state index in [2.05, 4.69) is 0 Å². The number of rotatable bonds is 4. The molecule has 5 nitrogen and oxygen atoms in total. The standard InChI is InChI=1S/C16H12ClNO4/c1-21-11-6-4-10(5-7-11)13-14(17)16(20)18(15(13)19)9-12-3-2-8-22-12/h2-8H,9H2,1H3. The quantitative estimate of drug-likeness (QED) is 0.814. The molecule has 0 bridgehead atoms. The van der Waals surface area contributed by atoms with Gasteiger partial charge < -0.3 is 9.15 Å². The number of carbonyl (C=O) groups excluding carboxylic acids is 2. The zero-order chi connectivity index (χ0) is 15.7. The maximum Gasteiger partial charge on any atom is 0.273 e.